The van der Waals surface area contributed by atoms with Crippen LogP contribution in [0.3, 0.4) is 0 Å². The van der Waals surface area contributed by atoms with Gasteiger partial charge in [0.05, 0.1) is 0 Å². The fourth-order valence-corrected chi connectivity index (χ4v) is 3.41. The van der Waals surface area contributed by atoms with Crippen LogP contribution in [-0.4, -0.2) is 29.4 Å². The van der Waals surface area contributed by atoms with Gasteiger partial charge in [0.2, 0.25) is 0 Å². The molecule has 3 rings (SSSR count). The van der Waals surface area contributed by atoms with Crippen molar-refractivity contribution in [2.75, 3.05) is 11.9 Å². The molecule has 24 heavy (non-hydrogen) atoms. The largest absolute Gasteiger partial charge is 0.351 e. The second kappa shape index (κ2) is 6.74. The van der Waals surface area contributed by atoms with Gasteiger partial charge in [-0.25, -0.2) is 4.79 Å². The van der Waals surface area contributed by atoms with Gasteiger partial charge in [-0.3, -0.25) is 4.79 Å². The molecule has 1 saturated heterocycles. The number of rotatable bonds is 3. The van der Waals surface area contributed by atoms with Crippen molar-refractivity contribution < 1.29 is 9.59 Å². The normalized spacial score (nSPS) is 20.0. The van der Waals surface area contributed by atoms with Crippen molar-refractivity contribution in [3.63, 3.8) is 0 Å². The highest BCUT2D eigenvalue weighted by Crippen LogP contribution is 2.34. The number of hydrogen-bond donors (Lipinski definition) is 2. The standard InChI is InChI=1S/C19H21N3O2/c1-13-17(14-6-3-2-4-7-14)10-11-22(13)18(23)15-8-5-9-16(12-15)21-19(20)24/h2-9,12-13,17H,10-11H2,1H3,(H3,20,21,24). The van der Waals surface area contributed by atoms with Gasteiger partial charge in [-0.2, -0.15) is 0 Å². The lowest BCUT2D eigenvalue weighted by Gasteiger charge is -2.25. The van der Waals surface area contributed by atoms with Crippen molar-refractivity contribution in [1.82, 2.24) is 4.90 Å². The van der Waals surface area contributed by atoms with Gasteiger partial charge in [-0.15, -0.1) is 0 Å². The minimum absolute atomic E-state index is 0.0194. The van der Waals surface area contributed by atoms with Crippen molar-refractivity contribution in [3.8, 4) is 0 Å². The lowest BCUT2D eigenvalue weighted by Crippen LogP contribution is -2.35. The Labute approximate surface area is 141 Å². The van der Waals surface area contributed by atoms with E-state index in [9.17, 15) is 9.59 Å². The zero-order valence-electron chi connectivity index (χ0n) is 13.6. The second-order valence-corrected chi connectivity index (χ2v) is 6.12. The number of carbonyl (C=O) groups is 2. The summed E-state index contributed by atoms with van der Waals surface area (Å²) in [4.78, 5) is 25.7. The average molecular weight is 323 g/mol. The number of anilines is 1. The van der Waals surface area contributed by atoms with Crippen LogP contribution in [0.1, 0.15) is 35.2 Å². The van der Waals surface area contributed by atoms with Crippen LogP contribution in [-0.2, 0) is 0 Å². The Morgan fingerprint density at radius 2 is 1.88 bits per heavy atom. The van der Waals surface area contributed by atoms with E-state index in [0.717, 1.165) is 13.0 Å². The molecule has 0 bridgehead atoms. The van der Waals surface area contributed by atoms with Gasteiger partial charge >= 0.3 is 6.03 Å². The van der Waals surface area contributed by atoms with E-state index < -0.39 is 6.03 Å². The van der Waals surface area contributed by atoms with Crippen LogP contribution in [0.15, 0.2) is 54.6 Å². The Kier molecular flexibility index (Phi) is 4.51. The molecule has 0 radical (unpaired) electrons. The molecular weight excluding hydrogens is 302 g/mol. The third-order valence-corrected chi connectivity index (χ3v) is 4.62. The molecule has 1 aliphatic heterocycles. The van der Waals surface area contributed by atoms with Crippen LogP contribution < -0.4 is 11.1 Å². The average Bonchev–Trinajstić information content (AvgIpc) is 2.96. The van der Waals surface area contributed by atoms with E-state index in [-0.39, 0.29) is 11.9 Å². The predicted molar refractivity (Wildman–Crippen MR) is 93.9 cm³/mol. The molecular formula is C19H21N3O2. The molecule has 2 aromatic carbocycles. The molecule has 124 valence electrons. The van der Waals surface area contributed by atoms with E-state index in [4.69, 9.17) is 5.73 Å². The van der Waals surface area contributed by atoms with Gasteiger partial charge < -0.3 is 16.0 Å². The van der Waals surface area contributed by atoms with Crippen LogP contribution in [0.25, 0.3) is 0 Å². The van der Waals surface area contributed by atoms with Gasteiger partial charge in [-0.1, -0.05) is 36.4 Å². The molecule has 1 fully saturated rings. The second-order valence-electron chi connectivity index (χ2n) is 6.12. The molecule has 2 atom stereocenters. The molecule has 5 heteroatoms. The number of likely N-dealkylation sites (tertiary alicyclic amines) is 1. The molecule has 3 N–H and O–H groups in total. The minimum atomic E-state index is -0.640. The minimum Gasteiger partial charge on any atom is -0.351 e. The van der Waals surface area contributed by atoms with E-state index in [2.05, 4.69) is 24.4 Å². The summed E-state index contributed by atoms with van der Waals surface area (Å²) in [6.45, 7) is 2.82. The van der Waals surface area contributed by atoms with E-state index in [1.54, 1.807) is 24.3 Å². The molecule has 1 aliphatic rings. The summed E-state index contributed by atoms with van der Waals surface area (Å²) in [6.07, 6.45) is 0.955. The van der Waals surface area contributed by atoms with E-state index in [1.807, 2.05) is 23.1 Å². The SMILES string of the molecule is CC1C(c2ccccc2)CCN1C(=O)c1cccc(NC(N)=O)c1. The quantitative estimate of drug-likeness (QED) is 0.910. The molecule has 0 saturated carbocycles. The Morgan fingerprint density at radius 1 is 1.12 bits per heavy atom. The molecule has 2 unspecified atom stereocenters. The van der Waals surface area contributed by atoms with Crippen LogP contribution in [0.4, 0.5) is 10.5 Å². The summed E-state index contributed by atoms with van der Waals surface area (Å²) >= 11 is 0. The first-order valence-corrected chi connectivity index (χ1v) is 8.08. The molecule has 0 spiro atoms. The molecule has 1 heterocycles. The molecule has 0 aromatic heterocycles. The summed E-state index contributed by atoms with van der Waals surface area (Å²) in [7, 11) is 0. The maximum Gasteiger partial charge on any atom is 0.316 e. The molecule has 5 nitrogen and oxygen atoms in total. The molecule has 3 amide bonds. The zero-order chi connectivity index (χ0) is 17.1. The van der Waals surface area contributed by atoms with E-state index in [1.165, 1.54) is 5.56 Å². The Hall–Kier alpha value is -2.82. The van der Waals surface area contributed by atoms with Crippen LogP contribution >= 0.6 is 0 Å². The molecule has 2 aromatic rings. The summed E-state index contributed by atoms with van der Waals surface area (Å²) in [5.41, 5.74) is 7.48. The number of nitrogens with zero attached hydrogens (tertiary/aromatic N) is 1. The number of carbonyl (C=O) groups excluding carboxylic acids is 2. The number of benzene rings is 2. The van der Waals surface area contributed by atoms with E-state index in [0.29, 0.717) is 17.2 Å². The van der Waals surface area contributed by atoms with Crippen LogP contribution in [0.5, 0.6) is 0 Å². The first-order chi connectivity index (χ1) is 11.6. The van der Waals surface area contributed by atoms with Gasteiger partial charge in [0.15, 0.2) is 0 Å². The van der Waals surface area contributed by atoms with Crippen molar-refractivity contribution in [2.24, 2.45) is 5.73 Å². The Bertz CT molecular complexity index is 745. The summed E-state index contributed by atoms with van der Waals surface area (Å²) in [6, 6.07) is 16.7. The van der Waals surface area contributed by atoms with Crippen molar-refractivity contribution in [3.05, 3.63) is 65.7 Å². The lowest BCUT2D eigenvalue weighted by atomic mass is 9.93. The van der Waals surface area contributed by atoms with Gasteiger partial charge in [0, 0.05) is 29.8 Å². The summed E-state index contributed by atoms with van der Waals surface area (Å²) in [5.74, 6) is 0.330. The smallest absolute Gasteiger partial charge is 0.316 e. The number of urea groups is 1. The number of nitrogens with one attached hydrogen (secondary N) is 1. The maximum atomic E-state index is 12.9. The monoisotopic (exact) mass is 323 g/mol. The van der Waals surface area contributed by atoms with Crippen molar-refractivity contribution in [2.45, 2.75) is 25.3 Å². The van der Waals surface area contributed by atoms with Crippen molar-refractivity contribution in [1.29, 1.82) is 0 Å². The van der Waals surface area contributed by atoms with E-state index >= 15 is 0 Å². The number of primary amides is 1. The third-order valence-electron chi connectivity index (χ3n) is 4.62. The van der Waals surface area contributed by atoms with Crippen LogP contribution in [0.2, 0.25) is 0 Å². The number of hydrogen-bond acceptors (Lipinski definition) is 2. The zero-order valence-corrected chi connectivity index (χ0v) is 13.6. The Balaban J connectivity index is 1.77. The summed E-state index contributed by atoms with van der Waals surface area (Å²) < 4.78 is 0. The topological polar surface area (TPSA) is 75.4 Å². The van der Waals surface area contributed by atoms with Crippen LogP contribution in [0, 0.1) is 0 Å². The first-order valence-electron chi connectivity index (χ1n) is 8.08. The fourth-order valence-electron chi connectivity index (χ4n) is 3.41. The lowest BCUT2D eigenvalue weighted by molar-refractivity contribution is 0.0742. The van der Waals surface area contributed by atoms with Gasteiger partial charge in [0.25, 0.3) is 5.91 Å². The summed E-state index contributed by atoms with van der Waals surface area (Å²) in [5, 5.41) is 2.50. The highest BCUT2D eigenvalue weighted by molar-refractivity contribution is 5.97. The van der Waals surface area contributed by atoms with Gasteiger partial charge in [0.1, 0.15) is 0 Å². The van der Waals surface area contributed by atoms with Gasteiger partial charge in [-0.05, 0) is 37.1 Å². The highest BCUT2D eigenvalue weighted by atomic mass is 16.2. The first kappa shape index (κ1) is 16.1. The number of amides is 3. The highest BCUT2D eigenvalue weighted by Gasteiger charge is 2.34. The maximum absolute atomic E-state index is 12.9. The third kappa shape index (κ3) is 3.25. The molecule has 0 aliphatic carbocycles. The fraction of sp³-hybridized carbons (Fsp3) is 0.263. The van der Waals surface area contributed by atoms with Crippen molar-refractivity contribution >= 4 is 17.6 Å². The predicted octanol–water partition coefficient (Wildman–Crippen LogP) is 3.20. The number of nitrogens with two attached hydrogens (primary N) is 1. The Morgan fingerprint density at radius 3 is 2.58 bits per heavy atom.